The molecular weight excluding hydrogens is 398 g/mol. The Bertz CT molecular complexity index is 862. The second-order valence-corrected chi connectivity index (χ2v) is 8.01. The van der Waals surface area contributed by atoms with Crippen LogP contribution in [0, 0.1) is 0 Å². The molecule has 0 saturated carbocycles. The van der Waals surface area contributed by atoms with Gasteiger partial charge < -0.3 is 19.6 Å². The lowest BCUT2D eigenvalue weighted by atomic mass is 10.0. The number of hydrogen-bond donors (Lipinski definition) is 2. The van der Waals surface area contributed by atoms with Gasteiger partial charge in [-0.05, 0) is 18.9 Å². The molecule has 1 aliphatic heterocycles. The second kappa shape index (κ2) is 10.4. The summed E-state index contributed by atoms with van der Waals surface area (Å²) in [5, 5.41) is 17.6. The van der Waals surface area contributed by atoms with E-state index < -0.39 is 5.60 Å². The Morgan fingerprint density at radius 1 is 1.23 bits per heavy atom. The van der Waals surface area contributed by atoms with E-state index >= 15 is 0 Å². The highest BCUT2D eigenvalue weighted by molar-refractivity contribution is 5.88. The maximum absolute atomic E-state index is 13.0. The highest BCUT2D eigenvalue weighted by Gasteiger charge is 2.26. The molecule has 3 amide bonds. The quantitative estimate of drug-likeness (QED) is 0.668. The third-order valence-corrected chi connectivity index (χ3v) is 5.33. The van der Waals surface area contributed by atoms with E-state index in [4.69, 9.17) is 4.74 Å². The van der Waals surface area contributed by atoms with Crippen LogP contribution in [-0.4, -0.2) is 75.1 Å². The van der Waals surface area contributed by atoms with Gasteiger partial charge in [0.1, 0.15) is 6.54 Å². The van der Waals surface area contributed by atoms with E-state index in [2.05, 4.69) is 10.4 Å². The Hall–Kier alpha value is -2.91. The largest absolute Gasteiger partial charge is 0.388 e. The smallest absolute Gasteiger partial charge is 0.323 e. The van der Waals surface area contributed by atoms with E-state index in [1.165, 1.54) is 4.68 Å². The van der Waals surface area contributed by atoms with Crippen molar-refractivity contribution < 1.29 is 19.4 Å². The van der Waals surface area contributed by atoms with Gasteiger partial charge >= 0.3 is 6.03 Å². The van der Waals surface area contributed by atoms with Gasteiger partial charge in [0, 0.05) is 31.9 Å². The van der Waals surface area contributed by atoms with Crippen molar-refractivity contribution in [3.8, 4) is 0 Å². The van der Waals surface area contributed by atoms with E-state index in [0.717, 1.165) is 5.56 Å². The predicted molar refractivity (Wildman–Crippen MR) is 116 cm³/mol. The Balaban J connectivity index is 1.63. The molecule has 2 aromatic rings. The minimum atomic E-state index is -1.00. The number of urea groups is 1. The van der Waals surface area contributed by atoms with Crippen molar-refractivity contribution in [3.63, 3.8) is 0 Å². The number of carbonyl (C=O) groups is 2. The number of anilines is 1. The fourth-order valence-electron chi connectivity index (χ4n) is 3.28. The van der Waals surface area contributed by atoms with Gasteiger partial charge in [-0.1, -0.05) is 37.3 Å². The van der Waals surface area contributed by atoms with Crippen molar-refractivity contribution >= 4 is 17.8 Å². The molecule has 1 unspecified atom stereocenters. The zero-order valence-electron chi connectivity index (χ0n) is 18.2. The topological polar surface area (TPSA) is 99.9 Å². The van der Waals surface area contributed by atoms with Gasteiger partial charge in [-0.2, -0.15) is 5.10 Å². The molecule has 9 nitrogen and oxygen atoms in total. The van der Waals surface area contributed by atoms with Crippen molar-refractivity contribution in [1.29, 1.82) is 0 Å². The lowest BCUT2D eigenvalue weighted by Crippen LogP contribution is -2.45. The first kappa shape index (κ1) is 22.8. The molecule has 1 saturated heterocycles. The molecule has 0 bridgehead atoms. The molecule has 9 heteroatoms. The normalized spacial score (nSPS) is 15.9. The highest BCUT2D eigenvalue weighted by atomic mass is 16.5. The Morgan fingerprint density at radius 2 is 1.94 bits per heavy atom. The maximum atomic E-state index is 13.0. The number of rotatable bonds is 8. The average Bonchev–Trinajstić information content (AvgIpc) is 3.21. The SMILES string of the molecule is CCC(C)(O)CN(Cc1ccccc1)C(=O)Nc1ccn(CC(=O)N2CCOCC2)n1. The molecule has 2 N–H and O–H groups in total. The van der Waals surface area contributed by atoms with Crippen LogP contribution in [0.3, 0.4) is 0 Å². The second-order valence-electron chi connectivity index (χ2n) is 8.01. The first-order valence-corrected chi connectivity index (χ1v) is 10.6. The zero-order valence-corrected chi connectivity index (χ0v) is 18.2. The van der Waals surface area contributed by atoms with E-state index in [0.29, 0.717) is 45.1 Å². The molecule has 168 valence electrons. The van der Waals surface area contributed by atoms with Gasteiger partial charge in [0.25, 0.3) is 0 Å². The van der Waals surface area contributed by atoms with Crippen molar-refractivity contribution in [2.75, 3.05) is 38.2 Å². The zero-order chi connectivity index (χ0) is 22.3. The monoisotopic (exact) mass is 429 g/mol. The summed E-state index contributed by atoms with van der Waals surface area (Å²) in [6, 6.07) is 10.9. The number of aliphatic hydroxyl groups is 1. The molecule has 0 aliphatic carbocycles. The van der Waals surface area contributed by atoms with Crippen LogP contribution < -0.4 is 5.32 Å². The van der Waals surface area contributed by atoms with Crippen molar-refractivity contribution in [2.24, 2.45) is 0 Å². The molecule has 1 fully saturated rings. The molecule has 1 aliphatic rings. The third-order valence-electron chi connectivity index (χ3n) is 5.33. The van der Waals surface area contributed by atoms with Crippen molar-refractivity contribution in [3.05, 3.63) is 48.2 Å². The van der Waals surface area contributed by atoms with Crippen LogP contribution in [0.1, 0.15) is 25.8 Å². The predicted octanol–water partition coefficient (Wildman–Crippen LogP) is 1.94. The minimum Gasteiger partial charge on any atom is -0.388 e. The Labute approximate surface area is 182 Å². The summed E-state index contributed by atoms with van der Waals surface area (Å²) < 4.78 is 6.78. The minimum absolute atomic E-state index is 0.0334. The summed E-state index contributed by atoms with van der Waals surface area (Å²) >= 11 is 0. The Kier molecular flexibility index (Phi) is 7.64. The van der Waals surface area contributed by atoms with Crippen LogP contribution in [0.15, 0.2) is 42.6 Å². The molecule has 1 atom stereocenters. The number of nitrogens with zero attached hydrogens (tertiary/aromatic N) is 4. The van der Waals surface area contributed by atoms with Crippen molar-refractivity contribution in [2.45, 2.75) is 39.0 Å². The van der Waals surface area contributed by atoms with Gasteiger partial charge in [-0.3, -0.25) is 14.8 Å². The van der Waals surface area contributed by atoms with E-state index in [9.17, 15) is 14.7 Å². The van der Waals surface area contributed by atoms with Crippen LogP contribution in [-0.2, 0) is 22.6 Å². The van der Waals surface area contributed by atoms with E-state index in [1.807, 2.05) is 37.3 Å². The molecule has 2 heterocycles. The summed E-state index contributed by atoms with van der Waals surface area (Å²) in [5.41, 5.74) is -0.0398. The van der Waals surface area contributed by atoms with Gasteiger partial charge in [0.05, 0.1) is 25.4 Å². The standard InChI is InChI=1S/C22H31N5O4/c1-3-22(2,30)17-26(15-18-7-5-4-6-8-18)21(29)23-19-9-10-27(24-19)16-20(28)25-11-13-31-14-12-25/h4-10,30H,3,11-17H2,1-2H3,(H,23,24,29). The highest BCUT2D eigenvalue weighted by Crippen LogP contribution is 2.16. The molecule has 1 aromatic carbocycles. The van der Waals surface area contributed by atoms with Crippen LogP contribution in [0.4, 0.5) is 10.6 Å². The summed E-state index contributed by atoms with van der Waals surface area (Å²) in [6.07, 6.45) is 2.18. The first-order valence-electron chi connectivity index (χ1n) is 10.6. The van der Waals surface area contributed by atoms with Gasteiger partial charge in [0.2, 0.25) is 5.91 Å². The van der Waals surface area contributed by atoms with E-state index in [1.54, 1.807) is 29.0 Å². The number of nitrogens with one attached hydrogen (secondary N) is 1. The van der Waals surface area contributed by atoms with Crippen LogP contribution in [0.25, 0.3) is 0 Å². The fraction of sp³-hybridized carbons (Fsp3) is 0.500. The molecule has 0 spiro atoms. The maximum Gasteiger partial charge on any atom is 0.323 e. The van der Waals surface area contributed by atoms with Gasteiger partial charge in [-0.15, -0.1) is 0 Å². The molecular formula is C22H31N5O4. The summed E-state index contributed by atoms with van der Waals surface area (Å²) in [4.78, 5) is 28.7. The summed E-state index contributed by atoms with van der Waals surface area (Å²) in [6.45, 7) is 6.49. The number of hydrogen-bond acceptors (Lipinski definition) is 5. The molecule has 31 heavy (non-hydrogen) atoms. The fourth-order valence-corrected chi connectivity index (χ4v) is 3.28. The molecule has 1 aromatic heterocycles. The molecule has 0 radical (unpaired) electrons. The number of benzene rings is 1. The first-order chi connectivity index (χ1) is 14.9. The van der Waals surface area contributed by atoms with Gasteiger partial charge in [-0.25, -0.2) is 4.79 Å². The number of ether oxygens (including phenoxy) is 1. The van der Waals surface area contributed by atoms with Crippen LogP contribution >= 0.6 is 0 Å². The summed E-state index contributed by atoms with van der Waals surface area (Å²) in [7, 11) is 0. The number of amides is 3. The lowest BCUT2D eigenvalue weighted by Gasteiger charge is -2.31. The average molecular weight is 430 g/mol. The van der Waals surface area contributed by atoms with Crippen LogP contribution in [0.2, 0.25) is 0 Å². The number of morpholine rings is 1. The lowest BCUT2D eigenvalue weighted by molar-refractivity contribution is -0.136. The third kappa shape index (κ3) is 6.80. The van der Waals surface area contributed by atoms with Crippen molar-refractivity contribution in [1.82, 2.24) is 19.6 Å². The molecule has 3 rings (SSSR count). The summed E-state index contributed by atoms with van der Waals surface area (Å²) in [5.74, 6) is 0.322. The van der Waals surface area contributed by atoms with Gasteiger partial charge in [0.15, 0.2) is 5.82 Å². The number of aromatic nitrogens is 2. The van der Waals surface area contributed by atoms with Crippen LogP contribution in [0.5, 0.6) is 0 Å². The Morgan fingerprint density at radius 3 is 2.61 bits per heavy atom. The number of carbonyl (C=O) groups excluding carboxylic acids is 2. The van der Waals surface area contributed by atoms with E-state index in [-0.39, 0.29) is 25.0 Å².